The van der Waals surface area contributed by atoms with E-state index >= 15 is 0 Å². The lowest BCUT2D eigenvalue weighted by atomic mass is 10.1. The van der Waals surface area contributed by atoms with Crippen LogP contribution < -0.4 is 9.47 Å². The van der Waals surface area contributed by atoms with Crippen molar-refractivity contribution in [1.29, 1.82) is 0 Å². The van der Waals surface area contributed by atoms with E-state index in [-0.39, 0.29) is 36.4 Å². The molecule has 1 saturated heterocycles. The molecule has 0 radical (unpaired) electrons. The number of nitrogens with zero attached hydrogens (tertiary/aromatic N) is 2. The van der Waals surface area contributed by atoms with Crippen molar-refractivity contribution in [2.45, 2.75) is 32.0 Å². The highest BCUT2D eigenvalue weighted by Gasteiger charge is 2.43. The van der Waals surface area contributed by atoms with Gasteiger partial charge in [0.15, 0.2) is 23.8 Å². The minimum atomic E-state index is -0.682. The molecule has 4 rings (SSSR count). The van der Waals surface area contributed by atoms with Gasteiger partial charge in [0.2, 0.25) is 11.5 Å². The highest BCUT2D eigenvalue weighted by Crippen LogP contribution is 2.40. The Kier molecular flexibility index (Phi) is 4.01. The van der Waals surface area contributed by atoms with Crippen molar-refractivity contribution in [1.82, 2.24) is 9.88 Å². The van der Waals surface area contributed by atoms with Crippen molar-refractivity contribution in [2.24, 2.45) is 0 Å². The van der Waals surface area contributed by atoms with Crippen molar-refractivity contribution < 1.29 is 23.0 Å². The fraction of sp³-hybridized carbons (Fsp3) is 0.368. The minimum absolute atomic E-state index is 0.209. The summed E-state index contributed by atoms with van der Waals surface area (Å²) in [4.78, 5) is 18.6. The summed E-state index contributed by atoms with van der Waals surface area (Å²) >= 11 is 0. The number of ether oxygens (including phenoxy) is 2. The van der Waals surface area contributed by atoms with Crippen LogP contribution in [-0.2, 0) is 0 Å². The van der Waals surface area contributed by atoms with Gasteiger partial charge in [0, 0.05) is 11.9 Å². The molecule has 0 N–H and O–H groups in total. The Hall–Kier alpha value is -2.70. The third kappa shape index (κ3) is 2.77. The van der Waals surface area contributed by atoms with E-state index in [2.05, 4.69) is 4.98 Å². The van der Waals surface area contributed by atoms with Gasteiger partial charge in [-0.1, -0.05) is 13.8 Å². The molecule has 1 fully saturated rings. The van der Waals surface area contributed by atoms with Crippen molar-refractivity contribution in [3.05, 3.63) is 53.4 Å². The van der Waals surface area contributed by atoms with Gasteiger partial charge >= 0.3 is 0 Å². The quantitative estimate of drug-likeness (QED) is 0.826. The summed E-state index contributed by atoms with van der Waals surface area (Å²) in [5, 5.41) is 0. The highest BCUT2D eigenvalue weighted by atomic mass is 19.1. The minimum Gasteiger partial charge on any atom is -0.478 e. The molecule has 1 amide bonds. The van der Waals surface area contributed by atoms with E-state index in [1.165, 1.54) is 0 Å². The Balaban J connectivity index is 1.52. The molecular weight excluding hydrogens is 342 g/mol. The third-order valence-corrected chi connectivity index (χ3v) is 4.68. The van der Waals surface area contributed by atoms with Gasteiger partial charge < -0.3 is 14.4 Å². The number of likely N-dealkylation sites (tertiary alicyclic amines) is 1. The molecule has 0 spiro atoms. The molecule has 2 aliphatic heterocycles. The van der Waals surface area contributed by atoms with Crippen molar-refractivity contribution in [3.63, 3.8) is 0 Å². The molecule has 2 atom stereocenters. The molecular formula is C19H18F2N2O3. The summed E-state index contributed by atoms with van der Waals surface area (Å²) in [6, 6.07) is 5.56. The lowest BCUT2D eigenvalue weighted by Gasteiger charge is -2.28. The van der Waals surface area contributed by atoms with Gasteiger partial charge in [-0.15, -0.1) is 0 Å². The maximum absolute atomic E-state index is 13.9. The van der Waals surface area contributed by atoms with Crippen LogP contribution in [0.2, 0.25) is 0 Å². The Labute approximate surface area is 149 Å². The average Bonchev–Trinajstić information content (AvgIpc) is 3.06. The predicted octanol–water partition coefficient (Wildman–Crippen LogP) is 3.15. The van der Waals surface area contributed by atoms with E-state index in [9.17, 15) is 13.6 Å². The van der Waals surface area contributed by atoms with E-state index in [1.807, 2.05) is 19.9 Å². The smallest absolute Gasteiger partial charge is 0.255 e. The van der Waals surface area contributed by atoms with Gasteiger partial charge in [-0.25, -0.2) is 8.78 Å². The van der Waals surface area contributed by atoms with Crippen molar-refractivity contribution in [2.75, 3.05) is 13.1 Å². The maximum Gasteiger partial charge on any atom is 0.255 e. The Morgan fingerprint density at radius 1 is 1.08 bits per heavy atom. The molecule has 7 heteroatoms. The predicted molar refractivity (Wildman–Crippen MR) is 89.4 cm³/mol. The third-order valence-electron chi connectivity index (χ3n) is 4.68. The lowest BCUT2D eigenvalue weighted by molar-refractivity contribution is 0.0467. The summed E-state index contributed by atoms with van der Waals surface area (Å²) < 4.78 is 38.9. The summed E-state index contributed by atoms with van der Waals surface area (Å²) in [5.41, 5.74) is 1.37. The molecule has 1 aromatic heterocycles. The number of aromatic nitrogens is 1. The fourth-order valence-electron chi connectivity index (χ4n) is 3.23. The van der Waals surface area contributed by atoms with E-state index < -0.39 is 23.8 Å². The second kappa shape index (κ2) is 6.23. The van der Waals surface area contributed by atoms with E-state index in [0.29, 0.717) is 5.56 Å². The largest absolute Gasteiger partial charge is 0.478 e. The van der Waals surface area contributed by atoms with Crippen molar-refractivity contribution in [3.8, 4) is 11.5 Å². The van der Waals surface area contributed by atoms with Crippen LogP contribution in [0.25, 0.3) is 0 Å². The first-order chi connectivity index (χ1) is 12.4. The summed E-state index contributed by atoms with van der Waals surface area (Å²) in [6.45, 7) is 4.54. The van der Waals surface area contributed by atoms with Crippen LogP contribution in [0.4, 0.5) is 8.78 Å². The van der Waals surface area contributed by atoms with Gasteiger partial charge in [0.1, 0.15) is 0 Å². The zero-order valence-electron chi connectivity index (χ0n) is 14.4. The molecule has 5 nitrogen and oxygen atoms in total. The maximum atomic E-state index is 13.9. The standard InChI is InChI=1S/C19H18F2N2O3/c1-10(2)14-6-3-11(7-22-14)19(24)23-8-15-16(9-23)26-18-13(21)5-4-12(20)17(18)25-15/h3-7,10,15-16H,8-9H2,1-2H3/t15-,16+. The van der Waals surface area contributed by atoms with E-state index in [4.69, 9.17) is 9.47 Å². The molecule has 0 unspecified atom stereocenters. The lowest BCUT2D eigenvalue weighted by Crippen LogP contribution is -2.39. The highest BCUT2D eigenvalue weighted by molar-refractivity contribution is 5.94. The van der Waals surface area contributed by atoms with Crippen LogP contribution in [0.15, 0.2) is 30.5 Å². The molecule has 1 aromatic carbocycles. The van der Waals surface area contributed by atoms with Crippen LogP contribution in [-0.4, -0.2) is 41.1 Å². The second-order valence-corrected chi connectivity index (χ2v) is 6.84. The van der Waals surface area contributed by atoms with Gasteiger partial charge in [-0.05, 0) is 30.2 Å². The summed E-state index contributed by atoms with van der Waals surface area (Å²) in [7, 11) is 0. The number of carbonyl (C=O) groups is 1. The molecule has 0 bridgehead atoms. The normalized spacial score (nSPS) is 21.0. The first-order valence-corrected chi connectivity index (χ1v) is 8.50. The average molecular weight is 360 g/mol. The number of carbonyl (C=O) groups excluding carboxylic acids is 1. The number of rotatable bonds is 2. The topological polar surface area (TPSA) is 51.7 Å². The first-order valence-electron chi connectivity index (χ1n) is 8.50. The zero-order chi connectivity index (χ0) is 18.4. The van der Waals surface area contributed by atoms with E-state index in [0.717, 1.165) is 17.8 Å². The van der Waals surface area contributed by atoms with Crippen LogP contribution in [0, 0.1) is 11.6 Å². The van der Waals surface area contributed by atoms with E-state index in [1.54, 1.807) is 17.2 Å². The van der Waals surface area contributed by atoms with Crippen molar-refractivity contribution >= 4 is 5.91 Å². The van der Waals surface area contributed by atoms with Crippen LogP contribution >= 0.6 is 0 Å². The number of amides is 1. The number of fused-ring (bicyclic) bond motifs is 2. The number of halogens is 2. The number of pyridine rings is 1. The Morgan fingerprint density at radius 3 is 2.12 bits per heavy atom. The molecule has 2 aromatic rings. The summed E-state index contributed by atoms with van der Waals surface area (Å²) in [5.74, 6) is -1.76. The molecule has 136 valence electrons. The van der Waals surface area contributed by atoms with Crippen LogP contribution in [0.1, 0.15) is 35.8 Å². The fourth-order valence-corrected chi connectivity index (χ4v) is 3.23. The number of hydrogen-bond acceptors (Lipinski definition) is 4. The molecule has 0 saturated carbocycles. The number of hydrogen-bond donors (Lipinski definition) is 0. The first kappa shape index (κ1) is 16.8. The van der Waals surface area contributed by atoms with Gasteiger partial charge in [-0.2, -0.15) is 0 Å². The Bertz CT molecular complexity index is 816. The second-order valence-electron chi connectivity index (χ2n) is 6.84. The van der Waals surface area contributed by atoms with Gasteiger partial charge in [0.05, 0.1) is 18.7 Å². The molecule has 2 aliphatic rings. The number of benzene rings is 1. The summed E-state index contributed by atoms with van der Waals surface area (Å²) in [6.07, 6.45) is 0.478. The van der Waals surface area contributed by atoms with Gasteiger partial charge in [0.25, 0.3) is 5.91 Å². The SMILES string of the molecule is CC(C)c1ccc(C(=O)N2C[C@@H]3Oc4c(F)ccc(F)c4O[C@@H]3C2)cn1. The Morgan fingerprint density at radius 2 is 1.65 bits per heavy atom. The van der Waals surface area contributed by atoms with Crippen LogP contribution in [0.3, 0.4) is 0 Å². The molecule has 0 aliphatic carbocycles. The van der Waals surface area contributed by atoms with Crippen LogP contribution in [0.5, 0.6) is 11.5 Å². The molecule has 26 heavy (non-hydrogen) atoms. The zero-order valence-corrected chi connectivity index (χ0v) is 14.4. The monoisotopic (exact) mass is 360 g/mol. The molecule has 3 heterocycles. The van der Waals surface area contributed by atoms with Gasteiger partial charge in [-0.3, -0.25) is 9.78 Å².